The van der Waals surface area contributed by atoms with Crippen LogP contribution in [0.3, 0.4) is 0 Å². The summed E-state index contributed by atoms with van der Waals surface area (Å²) in [6.07, 6.45) is 1.75. The Hall–Kier alpha value is -2.08. The number of aromatic nitrogens is 1. The molecule has 0 radical (unpaired) electrons. The Morgan fingerprint density at radius 2 is 2.29 bits per heavy atom. The molecule has 2 aromatic rings. The van der Waals surface area contributed by atoms with Gasteiger partial charge in [0.15, 0.2) is 5.84 Å². The van der Waals surface area contributed by atoms with Crippen LogP contribution in [0.15, 0.2) is 41.1 Å². The van der Waals surface area contributed by atoms with Crippen LogP contribution in [-0.4, -0.2) is 16.0 Å². The first-order valence-corrected chi connectivity index (χ1v) is 5.76. The van der Waals surface area contributed by atoms with Crippen molar-refractivity contribution in [2.45, 2.75) is 6.61 Å². The Labute approximate surface area is 102 Å². The van der Waals surface area contributed by atoms with Crippen molar-refractivity contribution in [2.24, 2.45) is 10.9 Å². The number of nitrogens with zero attached hydrogens (tertiary/aromatic N) is 2. The predicted octanol–water partition coefficient (Wildman–Crippen LogP) is 1.82. The summed E-state index contributed by atoms with van der Waals surface area (Å²) < 4.78 is 5.60. The molecular weight excluding hydrogens is 238 g/mol. The molecule has 2 rings (SSSR count). The molecule has 0 amide bonds. The van der Waals surface area contributed by atoms with Gasteiger partial charge >= 0.3 is 0 Å². The van der Waals surface area contributed by atoms with E-state index in [-0.39, 0.29) is 5.84 Å². The number of hydrogen-bond donors (Lipinski definition) is 2. The molecule has 0 spiro atoms. The van der Waals surface area contributed by atoms with Crippen molar-refractivity contribution in [3.63, 3.8) is 0 Å². The highest BCUT2D eigenvalue weighted by Crippen LogP contribution is 2.19. The van der Waals surface area contributed by atoms with Gasteiger partial charge in [0.1, 0.15) is 12.4 Å². The molecular formula is C11H11N3O2S. The van der Waals surface area contributed by atoms with Gasteiger partial charge < -0.3 is 15.7 Å². The third-order valence-electron chi connectivity index (χ3n) is 2.12. The van der Waals surface area contributed by atoms with Gasteiger partial charge in [0, 0.05) is 6.20 Å². The number of oxime groups is 1. The van der Waals surface area contributed by atoms with Crippen LogP contribution in [0.1, 0.15) is 10.4 Å². The molecule has 0 fully saturated rings. The van der Waals surface area contributed by atoms with E-state index in [1.165, 1.54) is 11.3 Å². The van der Waals surface area contributed by atoms with E-state index in [0.717, 1.165) is 4.88 Å². The highest BCUT2D eigenvalue weighted by Gasteiger charge is 2.07. The smallest absolute Gasteiger partial charge is 0.173 e. The topological polar surface area (TPSA) is 80.7 Å². The summed E-state index contributed by atoms with van der Waals surface area (Å²) in [4.78, 5) is 4.97. The zero-order valence-electron chi connectivity index (χ0n) is 8.91. The average molecular weight is 249 g/mol. The Morgan fingerprint density at radius 3 is 3.00 bits per heavy atom. The zero-order chi connectivity index (χ0) is 12.1. The summed E-state index contributed by atoms with van der Waals surface area (Å²) in [5, 5.41) is 11.6. The first-order chi connectivity index (χ1) is 8.31. The fourth-order valence-electron chi connectivity index (χ4n) is 1.32. The summed E-state index contributed by atoms with van der Waals surface area (Å²) in [6, 6.07) is 7.13. The molecule has 0 atom stereocenters. The molecule has 0 aliphatic rings. The number of nitrogens with two attached hydrogens (primary N) is 1. The molecule has 0 unspecified atom stereocenters. The Kier molecular flexibility index (Phi) is 3.56. The van der Waals surface area contributed by atoms with Gasteiger partial charge in [-0.15, -0.1) is 11.3 Å². The maximum Gasteiger partial charge on any atom is 0.173 e. The molecule has 0 saturated heterocycles. The van der Waals surface area contributed by atoms with Crippen LogP contribution in [0.5, 0.6) is 5.75 Å². The van der Waals surface area contributed by atoms with Crippen molar-refractivity contribution in [1.82, 2.24) is 4.98 Å². The van der Waals surface area contributed by atoms with Crippen LogP contribution in [0, 0.1) is 0 Å². The first-order valence-electron chi connectivity index (χ1n) is 4.88. The highest BCUT2D eigenvalue weighted by atomic mass is 32.1. The summed E-state index contributed by atoms with van der Waals surface area (Å²) >= 11 is 1.52. The van der Waals surface area contributed by atoms with Crippen LogP contribution in [0.25, 0.3) is 0 Å². The SMILES string of the molecule is N/C(=N/O)c1ccccc1OCc1cncs1. The minimum atomic E-state index is 0.0323. The maximum atomic E-state index is 8.66. The van der Waals surface area contributed by atoms with Gasteiger partial charge in [-0.25, -0.2) is 0 Å². The molecule has 0 aliphatic carbocycles. The van der Waals surface area contributed by atoms with Crippen molar-refractivity contribution < 1.29 is 9.94 Å². The van der Waals surface area contributed by atoms with Crippen molar-refractivity contribution in [3.05, 3.63) is 46.4 Å². The van der Waals surface area contributed by atoms with E-state index in [0.29, 0.717) is 17.9 Å². The van der Waals surface area contributed by atoms with Crippen LogP contribution in [0.2, 0.25) is 0 Å². The Balaban J connectivity index is 2.15. The highest BCUT2D eigenvalue weighted by molar-refractivity contribution is 7.09. The fraction of sp³-hybridized carbons (Fsp3) is 0.0909. The second kappa shape index (κ2) is 5.31. The quantitative estimate of drug-likeness (QED) is 0.375. The van der Waals surface area contributed by atoms with Gasteiger partial charge in [0.2, 0.25) is 0 Å². The lowest BCUT2D eigenvalue weighted by Gasteiger charge is -2.09. The van der Waals surface area contributed by atoms with E-state index in [1.54, 1.807) is 29.9 Å². The van der Waals surface area contributed by atoms with E-state index >= 15 is 0 Å². The molecule has 17 heavy (non-hydrogen) atoms. The Morgan fingerprint density at radius 1 is 1.47 bits per heavy atom. The number of rotatable bonds is 4. The second-order valence-electron chi connectivity index (χ2n) is 3.24. The third-order valence-corrected chi connectivity index (χ3v) is 2.88. The van der Waals surface area contributed by atoms with Crippen molar-refractivity contribution in [2.75, 3.05) is 0 Å². The lowest BCUT2D eigenvalue weighted by atomic mass is 10.2. The molecule has 1 aromatic heterocycles. The molecule has 6 heteroatoms. The summed E-state index contributed by atoms with van der Waals surface area (Å²) in [5.41, 5.74) is 7.87. The molecule has 5 nitrogen and oxygen atoms in total. The summed E-state index contributed by atoms with van der Waals surface area (Å²) in [6.45, 7) is 0.417. The Bertz CT molecular complexity index is 511. The molecule has 1 heterocycles. The average Bonchev–Trinajstić information content (AvgIpc) is 2.89. The van der Waals surface area contributed by atoms with Crippen LogP contribution < -0.4 is 10.5 Å². The van der Waals surface area contributed by atoms with Gasteiger partial charge in [0.05, 0.1) is 16.0 Å². The number of amidine groups is 1. The lowest BCUT2D eigenvalue weighted by molar-refractivity contribution is 0.306. The minimum absolute atomic E-state index is 0.0323. The van der Waals surface area contributed by atoms with Crippen LogP contribution in [-0.2, 0) is 6.61 Å². The normalized spacial score (nSPS) is 11.4. The number of benzene rings is 1. The van der Waals surface area contributed by atoms with Crippen LogP contribution >= 0.6 is 11.3 Å². The van der Waals surface area contributed by atoms with Crippen molar-refractivity contribution in [1.29, 1.82) is 0 Å². The predicted molar refractivity (Wildman–Crippen MR) is 65.4 cm³/mol. The standard InChI is InChI=1S/C11H11N3O2S/c12-11(14-15)9-3-1-2-4-10(9)16-6-8-5-13-7-17-8/h1-5,7,15H,6H2,(H2,12,14). The first kappa shape index (κ1) is 11.4. The molecule has 0 saturated carbocycles. The van der Waals surface area contributed by atoms with E-state index in [2.05, 4.69) is 10.1 Å². The number of hydrogen-bond acceptors (Lipinski definition) is 5. The fourth-order valence-corrected chi connectivity index (χ4v) is 1.83. The van der Waals surface area contributed by atoms with Gasteiger partial charge in [0.25, 0.3) is 0 Å². The molecule has 1 aromatic carbocycles. The largest absolute Gasteiger partial charge is 0.487 e. The molecule has 3 N–H and O–H groups in total. The summed E-state index contributed by atoms with van der Waals surface area (Å²) in [5.74, 6) is 0.612. The maximum absolute atomic E-state index is 8.66. The van der Waals surface area contributed by atoms with E-state index in [9.17, 15) is 0 Å². The van der Waals surface area contributed by atoms with Gasteiger partial charge in [-0.2, -0.15) is 0 Å². The van der Waals surface area contributed by atoms with Gasteiger partial charge in [-0.1, -0.05) is 17.3 Å². The monoisotopic (exact) mass is 249 g/mol. The number of ether oxygens (including phenoxy) is 1. The molecule has 0 aliphatic heterocycles. The zero-order valence-corrected chi connectivity index (χ0v) is 9.72. The van der Waals surface area contributed by atoms with Gasteiger partial charge in [-0.3, -0.25) is 4.98 Å². The van der Waals surface area contributed by atoms with E-state index in [4.69, 9.17) is 15.7 Å². The number of thiazole rings is 1. The van der Waals surface area contributed by atoms with Crippen molar-refractivity contribution >= 4 is 17.2 Å². The lowest BCUT2D eigenvalue weighted by Crippen LogP contribution is -2.14. The van der Waals surface area contributed by atoms with Gasteiger partial charge in [-0.05, 0) is 12.1 Å². The van der Waals surface area contributed by atoms with E-state index < -0.39 is 0 Å². The minimum Gasteiger partial charge on any atom is -0.487 e. The van der Waals surface area contributed by atoms with E-state index in [1.807, 2.05) is 6.07 Å². The summed E-state index contributed by atoms with van der Waals surface area (Å²) in [7, 11) is 0. The second-order valence-corrected chi connectivity index (χ2v) is 4.21. The van der Waals surface area contributed by atoms with Crippen molar-refractivity contribution in [3.8, 4) is 5.75 Å². The number of para-hydroxylation sites is 1. The molecule has 88 valence electrons. The third kappa shape index (κ3) is 2.73. The van der Waals surface area contributed by atoms with Crippen LogP contribution in [0.4, 0.5) is 0 Å². The molecule has 0 bridgehead atoms.